The van der Waals surface area contributed by atoms with Crippen LogP contribution < -0.4 is 0 Å². The Balaban J connectivity index is 1.67. The fourth-order valence-electron chi connectivity index (χ4n) is 2.66. The van der Waals surface area contributed by atoms with E-state index in [9.17, 15) is 5.11 Å². The predicted molar refractivity (Wildman–Crippen MR) is 81.0 cm³/mol. The van der Waals surface area contributed by atoms with Crippen molar-refractivity contribution in [3.63, 3.8) is 0 Å². The number of hydrogen-bond donors (Lipinski definition) is 1. The molecule has 0 aliphatic carbocycles. The molecule has 1 fully saturated rings. The van der Waals surface area contributed by atoms with Crippen LogP contribution in [0.5, 0.6) is 5.75 Å². The number of hydrogen-bond acceptors (Lipinski definition) is 4. The van der Waals surface area contributed by atoms with Crippen molar-refractivity contribution in [1.82, 2.24) is 14.8 Å². The van der Waals surface area contributed by atoms with Crippen LogP contribution in [0.4, 0.5) is 0 Å². The molecule has 0 amide bonds. The van der Waals surface area contributed by atoms with Crippen LogP contribution in [0.3, 0.4) is 0 Å². The van der Waals surface area contributed by atoms with E-state index in [0.717, 1.165) is 50.2 Å². The highest BCUT2D eigenvalue weighted by atomic mass is 16.3. The first kappa shape index (κ1) is 13.3. The molecule has 106 valence electrons. The summed E-state index contributed by atoms with van der Waals surface area (Å²) in [6.07, 6.45) is 0.938. The first-order valence-electron chi connectivity index (χ1n) is 7.21. The lowest BCUT2D eigenvalue weighted by molar-refractivity contribution is 0.155. The molecular weight excluding hydrogens is 250 g/mol. The average Bonchev–Trinajstić information content (AvgIpc) is 2.47. The van der Waals surface area contributed by atoms with Gasteiger partial charge < -0.3 is 14.9 Å². The first-order chi connectivity index (χ1) is 9.72. The monoisotopic (exact) mass is 271 g/mol. The molecule has 4 nitrogen and oxygen atoms in total. The number of benzene rings is 1. The smallest absolute Gasteiger partial charge is 0.141 e. The molecular formula is C16H21N3O. The second-order valence-corrected chi connectivity index (χ2v) is 5.55. The molecule has 0 saturated carbocycles. The molecule has 3 rings (SSSR count). The Morgan fingerprint density at radius 2 is 1.90 bits per heavy atom. The predicted octanol–water partition coefficient (Wildman–Crippen LogP) is 1.73. The number of likely N-dealkylation sites (N-methyl/N-ethyl adjacent to an activating group) is 1. The third-order valence-electron chi connectivity index (χ3n) is 4.04. The summed E-state index contributed by atoms with van der Waals surface area (Å²) < 4.78 is 0. The molecule has 2 aromatic rings. The van der Waals surface area contributed by atoms with Gasteiger partial charge in [-0.2, -0.15) is 0 Å². The van der Waals surface area contributed by atoms with E-state index >= 15 is 0 Å². The lowest BCUT2D eigenvalue weighted by Gasteiger charge is -2.32. The summed E-state index contributed by atoms with van der Waals surface area (Å²) in [5, 5.41) is 10.9. The Bertz CT molecular complexity index is 591. The Kier molecular flexibility index (Phi) is 3.85. The van der Waals surface area contributed by atoms with Gasteiger partial charge in [0.05, 0.1) is 0 Å². The van der Waals surface area contributed by atoms with Gasteiger partial charge >= 0.3 is 0 Å². The molecule has 2 heterocycles. The number of aromatic hydroxyl groups is 1. The average molecular weight is 271 g/mol. The normalized spacial score (nSPS) is 17.6. The lowest BCUT2D eigenvalue weighted by atomic mass is 10.1. The summed E-state index contributed by atoms with van der Waals surface area (Å²) >= 11 is 0. The Hall–Kier alpha value is -1.65. The van der Waals surface area contributed by atoms with E-state index in [0.29, 0.717) is 5.52 Å². The van der Waals surface area contributed by atoms with E-state index in [1.165, 1.54) is 0 Å². The number of fused-ring (bicyclic) bond motifs is 1. The van der Waals surface area contributed by atoms with E-state index in [1.54, 1.807) is 6.07 Å². The number of aromatic nitrogens is 1. The number of piperazine rings is 1. The molecule has 0 atom stereocenters. The highest BCUT2D eigenvalue weighted by molar-refractivity contribution is 5.84. The minimum Gasteiger partial charge on any atom is -0.506 e. The maximum Gasteiger partial charge on any atom is 0.141 e. The number of pyridine rings is 1. The standard InChI is InChI=1S/C16H21N3O/c1-18-9-11-19(12-10-18)8-7-14-6-5-13-3-2-4-15(20)16(13)17-14/h2-6,20H,7-12H2,1H3. The fourth-order valence-corrected chi connectivity index (χ4v) is 2.66. The van der Waals surface area contributed by atoms with Gasteiger partial charge in [-0.05, 0) is 19.2 Å². The summed E-state index contributed by atoms with van der Waals surface area (Å²) in [5.74, 6) is 0.268. The third-order valence-corrected chi connectivity index (χ3v) is 4.04. The van der Waals surface area contributed by atoms with Crippen molar-refractivity contribution in [1.29, 1.82) is 0 Å². The first-order valence-corrected chi connectivity index (χ1v) is 7.21. The van der Waals surface area contributed by atoms with Crippen LogP contribution >= 0.6 is 0 Å². The molecule has 1 aromatic heterocycles. The molecule has 1 aromatic carbocycles. The SMILES string of the molecule is CN1CCN(CCc2ccc3cccc(O)c3n2)CC1. The fraction of sp³-hybridized carbons (Fsp3) is 0.438. The van der Waals surface area contributed by atoms with Crippen molar-refractivity contribution >= 4 is 10.9 Å². The van der Waals surface area contributed by atoms with Crippen LogP contribution in [0, 0.1) is 0 Å². The van der Waals surface area contributed by atoms with Gasteiger partial charge in [-0.1, -0.05) is 18.2 Å². The van der Waals surface area contributed by atoms with E-state index < -0.39 is 0 Å². The topological polar surface area (TPSA) is 39.6 Å². The van der Waals surface area contributed by atoms with Gasteiger partial charge in [0.25, 0.3) is 0 Å². The van der Waals surface area contributed by atoms with E-state index in [4.69, 9.17) is 0 Å². The van der Waals surface area contributed by atoms with Gasteiger partial charge in [0, 0.05) is 50.2 Å². The van der Waals surface area contributed by atoms with Crippen molar-refractivity contribution in [2.75, 3.05) is 39.8 Å². The van der Waals surface area contributed by atoms with Crippen LogP contribution in [0.15, 0.2) is 30.3 Å². The van der Waals surface area contributed by atoms with E-state index in [-0.39, 0.29) is 5.75 Å². The Labute approximate surface area is 119 Å². The number of phenolic OH excluding ortho intramolecular Hbond substituents is 1. The Morgan fingerprint density at radius 1 is 1.10 bits per heavy atom. The van der Waals surface area contributed by atoms with Gasteiger partial charge in [-0.25, -0.2) is 4.98 Å². The number of para-hydroxylation sites is 1. The summed E-state index contributed by atoms with van der Waals surface area (Å²) in [6, 6.07) is 9.63. The lowest BCUT2D eigenvalue weighted by Crippen LogP contribution is -2.45. The third kappa shape index (κ3) is 2.92. The van der Waals surface area contributed by atoms with Crippen molar-refractivity contribution in [2.45, 2.75) is 6.42 Å². The maximum absolute atomic E-state index is 9.86. The summed E-state index contributed by atoms with van der Waals surface area (Å²) in [5.41, 5.74) is 1.77. The van der Waals surface area contributed by atoms with Crippen molar-refractivity contribution in [2.24, 2.45) is 0 Å². The number of rotatable bonds is 3. The van der Waals surface area contributed by atoms with E-state index in [2.05, 4.69) is 27.9 Å². The molecule has 4 heteroatoms. The molecule has 1 saturated heterocycles. The minimum atomic E-state index is 0.268. The van der Waals surface area contributed by atoms with Crippen LogP contribution in [0.25, 0.3) is 10.9 Å². The Morgan fingerprint density at radius 3 is 2.70 bits per heavy atom. The zero-order valence-corrected chi connectivity index (χ0v) is 11.9. The molecule has 1 aliphatic heterocycles. The number of phenols is 1. The molecule has 0 spiro atoms. The van der Waals surface area contributed by atoms with Gasteiger partial charge in [-0.15, -0.1) is 0 Å². The van der Waals surface area contributed by atoms with Crippen LogP contribution in [-0.4, -0.2) is 59.7 Å². The highest BCUT2D eigenvalue weighted by Crippen LogP contribution is 2.22. The molecule has 1 aliphatic rings. The zero-order chi connectivity index (χ0) is 13.9. The molecule has 20 heavy (non-hydrogen) atoms. The van der Waals surface area contributed by atoms with Crippen molar-refractivity contribution in [3.05, 3.63) is 36.0 Å². The van der Waals surface area contributed by atoms with Gasteiger partial charge in [-0.3, -0.25) is 0 Å². The second kappa shape index (κ2) is 5.77. The maximum atomic E-state index is 9.86. The molecule has 0 bridgehead atoms. The van der Waals surface area contributed by atoms with Crippen LogP contribution in [0.1, 0.15) is 5.69 Å². The summed E-state index contributed by atoms with van der Waals surface area (Å²) in [4.78, 5) is 9.43. The molecule has 0 radical (unpaired) electrons. The van der Waals surface area contributed by atoms with Gasteiger partial charge in [0.15, 0.2) is 0 Å². The van der Waals surface area contributed by atoms with E-state index in [1.807, 2.05) is 18.2 Å². The van der Waals surface area contributed by atoms with Crippen LogP contribution in [0.2, 0.25) is 0 Å². The number of nitrogens with zero attached hydrogens (tertiary/aromatic N) is 3. The zero-order valence-electron chi connectivity index (χ0n) is 11.9. The quantitative estimate of drug-likeness (QED) is 0.923. The van der Waals surface area contributed by atoms with Crippen molar-refractivity contribution in [3.8, 4) is 5.75 Å². The van der Waals surface area contributed by atoms with Gasteiger partial charge in [0.1, 0.15) is 11.3 Å². The largest absolute Gasteiger partial charge is 0.506 e. The molecule has 1 N–H and O–H groups in total. The van der Waals surface area contributed by atoms with Gasteiger partial charge in [0.2, 0.25) is 0 Å². The summed E-state index contributed by atoms with van der Waals surface area (Å²) in [7, 11) is 2.17. The highest BCUT2D eigenvalue weighted by Gasteiger charge is 2.13. The minimum absolute atomic E-state index is 0.268. The summed E-state index contributed by atoms with van der Waals surface area (Å²) in [6.45, 7) is 5.60. The van der Waals surface area contributed by atoms with Crippen LogP contribution in [-0.2, 0) is 6.42 Å². The second-order valence-electron chi connectivity index (χ2n) is 5.55. The molecule has 0 unspecified atom stereocenters. The van der Waals surface area contributed by atoms with Crippen molar-refractivity contribution < 1.29 is 5.11 Å².